The van der Waals surface area contributed by atoms with Gasteiger partial charge in [0.1, 0.15) is 5.41 Å². The van der Waals surface area contributed by atoms with Gasteiger partial charge in [-0.15, -0.1) is 0 Å². The molecule has 5 rings (SSSR count). The molecule has 4 heterocycles. The number of amides is 1. The first-order valence-electron chi connectivity index (χ1n) is 10.6. The molecule has 0 unspecified atom stereocenters. The lowest BCUT2D eigenvalue weighted by molar-refractivity contribution is -0.128. The van der Waals surface area contributed by atoms with Crippen LogP contribution >= 0.6 is 11.6 Å². The summed E-state index contributed by atoms with van der Waals surface area (Å²) in [6.07, 6.45) is 2.20. The van der Waals surface area contributed by atoms with Gasteiger partial charge < -0.3 is 4.90 Å². The molecule has 1 spiro atoms. The van der Waals surface area contributed by atoms with Crippen LogP contribution in [0, 0.1) is 5.41 Å². The van der Waals surface area contributed by atoms with E-state index in [9.17, 15) is 18.0 Å². The van der Waals surface area contributed by atoms with Gasteiger partial charge in [0.15, 0.2) is 5.71 Å². The summed E-state index contributed by atoms with van der Waals surface area (Å²) >= 11 is 6.53. The van der Waals surface area contributed by atoms with Gasteiger partial charge in [0, 0.05) is 49.9 Å². The quantitative estimate of drug-likeness (QED) is 0.591. The number of nitrogens with zero attached hydrogens (tertiary/aromatic N) is 5. The van der Waals surface area contributed by atoms with E-state index in [1.54, 1.807) is 17.1 Å². The number of nitrogens with one attached hydrogen (secondary N) is 1. The highest BCUT2D eigenvalue weighted by atomic mass is 35.5. The molecule has 34 heavy (non-hydrogen) atoms. The van der Waals surface area contributed by atoms with E-state index in [2.05, 4.69) is 15.2 Å². The molecule has 0 saturated carbocycles. The predicted octanol–water partition coefficient (Wildman–Crippen LogP) is 4.44. The lowest BCUT2D eigenvalue weighted by Gasteiger charge is -2.40. The van der Waals surface area contributed by atoms with Gasteiger partial charge in [-0.25, -0.2) is 5.43 Å². The number of pyridine rings is 1. The van der Waals surface area contributed by atoms with E-state index in [-0.39, 0.29) is 25.9 Å². The first-order valence-corrected chi connectivity index (χ1v) is 11.0. The number of carbonyl (C=O) groups excluding carboxylic acids is 1. The number of hydrogen-bond donors (Lipinski definition) is 1. The number of halogens is 4. The molecule has 0 atom stereocenters. The Kier molecular flexibility index (Phi) is 5.35. The van der Waals surface area contributed by atoms with Crippen LogP contribution in [0.4, 0.5) is 18.9 Å². The van der Waals surface area contributed by atoms with Crippen molar-refractivity contribution >= 4 is 28.9 Å². The zero-order valence-corrected chi connectivity index (χ0v) is 18.9. The first kappa shape index (κ1) is 22.4. The summed E-state index contributed by atoms with van der Waals surface area (Å²) in [5.41, 5.74) is 3.62. The molecule has 0 aliphatic carbocycles. The van der Waals surface area contributed by atoms with Gasteiger partial charge in [-0.3, -0.25) is 14.5 Å². The Balaban J connectivity index is 1.43. The maximum Gasteiger partial charge on any atom is 0.432 e. The molecule has 1 aromatic carbocycles. The van der Waals surface area contributed by atoms with Crippen molar-refractivity contribution in [1.82, 2.24) is 20.2 Å². The van der Waals surface area contributed by atoms with Gasteiger partial charge in [-0.05, 0) is 24.0 Å². The number of hydrogen-bond acceptors (Lipinski definition) is 5. The molecular formula is C23H20ClF3N6O. The summed E-state index contributed by atoms with van der Waals surface area (Å²) in [6.45, 7) is 0.431. The topological polar surface area (TPSA) is 75.4 Å². The molecule has 176 valence electrons. The normalized spacial score (nSPS) is 17.7. The van der Waals surface area contributed by atoms with Crippen molar-refractivity contribution in [3.63, 3.8) is 0 Å². The van der Waals surface area contributed by atoms with Gasteiger partial charge in [0.05, 0.1) is 16.9 Å². The minimum absolute atomic E-state index is 0.0186. The Morgan fingerprint density at radius 3 is 2.32 bits per heavy atom. The van der Waals surface area contributed by atoms with Crippen molar-refractivity contribution in [2.45, 2.75) is 19.0 Å². The van der Waals surface area contributed by atoms with Gasteiger partial charge in [0.25, 0.3) is 5.91 Å². The lowest BCUT2D eigenvalue weighted by atomic mass is 9.74. The summed E-state index contributed by atoms with van der Waals surface area (Å²) in [5, 5.41) is 7.90. The number of piperidine rings is 1. The summed E-state index contributed by atoms with van der Waals surface area (Å²) in [6, 6.07) is 7.83. The smallest absolute Gasteiger partial charge is 0.370 e. The van der Waals surface area contributed by atoms with Crippen LogP contribution < -0.4 is 10.3 Å². The molecule has 0 radical (unpaired) electrons. The molecule has 2 aromatic heterocycles. The van der Waals surface area contributed by atoms with Crippen molar-refractivity contribution in [1.29, 1.82) is 0 Å². The summed E-state index contributed by atoms with van der Waals surface area (Å²) in [5.74, 6) is -0.702. The third-order valence-corrected chi connectivity index (χ3v) is 6.74. The highest BCUT2D eigenvalue weighted by Gasteiger charge is 2.59. The van der Waals surface area contributed by atoms with Crippen molar-refractivity contribution in [2.75, 3.05) is 18.0 Å². The number of anilines is 1. The fourth-order valence-corrected chi connectivity index (χ4v) is 4.99. The van der Waals surface area contributed by atoms with E-state index in [1.165, 1.54) is 6.20 Å². The SMILES string of the molecule is Cn1cc(-c2ccc(-c3cncc(Cl)c3N3CCC4(CC3)C(=O)NN=C4C(F)(F)F)cc2)cn1. The van der Waals surface area contributed by atoms with Crippen LogP contribution in [0.5, 0.6) is 0 Å². The maximum absolute atomic E-state index is 13.5. The molecule has 2 aliphatic rings. The van der Waals surface area contributed by atoms with Crippen molar-refractivity contribution in [2.24, 2.45) is 17.6 Å². The third-order valence-electron chi connectivity index (χ3n) is 6.47. The second kappa shape index (κ2) is 8.12. The average molecular weight is 489 g/mol. The van der Waals surface area contributed by atoms with Crippen LogP contribution in [0.2, 0.25) is 5.02 Å². The predicted molar refractivity (Wildman–Crippen MR) is 122 cm³/mol. The van der Waals surface area contributed by atoms with Crippen LogP contribution in [-0.2, 0) is 11.8 Å². The number of aromatic nitrogens is 3. The van der Waals surface area contributed by atoms with Crippen LogP contribution in [0.25, 0.3) is 22.3 Å². The molecule has 7 nitrogen and oxygen atoms in total. The molecule has 0 bridgehead atoms. The second-order valence-electron chi connectivity index (χ2n) is 8.47. The molecule has 1 amide bonds. The van der Waals surface area contributed by atoms with E-state index in [1.807, 2.05) is 47.8 Å². The minimum atomic E-state index is -4.67. The number of hydrazone groups is 1. The number of rotatable bonds is 3. The van der Waals surface area contributed by atoms with Crippen LogP contribution in [0.3, 0.4) is 0 Å². The van der Waals surface area contributed by atoms with Gasteiger partial charge in [0.2, 0.25) is 0 Å². The number of benzene rings is 1. The Bertz CT molecular complexity index is 1280. The van der Waals surface area contributed by atoms with Gasteiger partial charge >= 0.3 is 6.18 Å². The molecule has 11 heteroatoms. The Hall–Kier alpha value is -3.40. The van der Waals surface area contributed by atoms with Gasteiger partial charge in [-0.2, -0.15) is 23.4 Å². The third kappa shape index (κ3) is 3.71. The summed E-state index contributed by atoms with van der Waals surface area (Å²) in [4.78, 5) is 18.5. The molecule has 1 N–H and O–H groups in total. The molecule has 3 aromatic rings. The van der Waals surface area contributed by atoms with E-state index >= 15 is 0 Å². The van der Waals surface area contributed by atoms with Gasteiger partial charge in [-0.1, -0.05) is 35.9 Å². The number of alkyl halides is 3. The molecular weight excluding hydrogens is 469 g/mol. The van der Waals surface area contributed by atoms with Crippen molar-refractivity contribution < 1.29 is 18.0 Å². The molecule has 1 saturated heterocycles. The van der Waals surface area contributed by atoms with E-state index < -0.39 is 23.2 Å². The standard InChI is InChI=1S/C23H20ClF3N6O/c1-32-13-16(10-29-32)14-2-4-15(5-3-14)17-11-28-12-18(24)19(17)33-8-6-22(7-9-33)20(23(25,26)27)30-31-21(22)34/h2-5,10-13H,6-9H2,1H3,(H,31,34). The summed E-state index contributed by atoms with van der Waals surface area (Å²) in [7, 11) is 1.85. The monoisotopic (exact) mass is 488 g/mol. The minimum Gasteiger partial charge on any atom is -0.370 e. The Morgan fingerprint density at radius 2 is 1.71 bits per heavy atom. The van der Waals surface area contributed by atoms with Crippen LogP contribution in [-0.4, -0.2) is 45.6 Å². The lowest BCUT2D eigenvalue weighted by Crippen LogP contribution is -2.51. The highest BCUT2D eigenvalue weighted by molar-refractivity contribution is 6.34. The average Bonchev–Trinajstić information content (AvgIpc) is 3.38. The van der Waals surface area contributed by atoms with E-state index in [4.69, 9.17) is 11.6 Å². The highest BCUT2D eigenvalue weighted by Crippen LogP contribution is 2.45. The van der Waals surface area contributed by atoms with Crippen molar-refractivity contribution in [3.05, 3.63) is 54.1 Å². The van der Waals surface area contributed by atoms with Crippen LogP contribution in [0.1, 0.15) is 12.8 Å². The fraction of sp³-hybridized carbons (Fsp3) is 0.304. The van der Waals surface area contributed by atoms with E-state index in [0.717, 1.165) is 22.3 Å². The largest absolute Gasteiger partial charge is 0.432 e. The van der Waals surface area contributed by atoms with E-state index in [0.29, 0.717) is 10.7 Å². The zero-order valence-electron chi connectivity index (χ0n) is 18.1. The first-order chi connectivity index (χ1) is 16.2. The number of aryl methyl sites for hydroxylation is 1. The second-order valence-corrected chi connectivity index (χ2v) is 8.87. The maximum atomic E-state index is 13.5. The summed E-state index contributed by atoms with van der Waals surface area (Å²) < 4.78 is 42.3. The number of carbonyl (C=O) groups is 1. The van der Waals surface area contributed by atoms with Crippen molar-refractivity contribution in [3.8, 4) is 22.3 Å². The molecule has 1 fully saturated rings. The van der Waals surface area contributed by atoms with Crippen LogP contribution in [0.15, 0.2) is 54.2 Å². The Labute approximate surface area is 198 Å². The zero-order chi connectivity index (χ0) is 24.1. The Morgan fingerprint density at radius 1 is 1.03 bits per heavy atom. The molecule has 2 aliphatic heterocycles. The fourth-order valence-electron chi connectivity index (χ4n) is 4.71.